The highest BCUT2D eigenvalue weighted by atomic mass is 127. The van der Waals surface area contributed by atoms with Gasteiger partial charge in [-0.15, -0.1) is 24.0 Å². The maximum absolute atomic E-state index is 12.0. The van der Waals surface area contributed by atoms with E-state index in [1.54, 1.807) is 0 Å². The zero-order valence-electron chi connectivity index (χ0n) is 17.7. The van der Waals surface area contributed by atoms with Crippen molar-refractivity contribution in [2.24, 2.45) is 10.9 Å². The van der Waals surface area contributed by atoms with Gasteiger partial charge >= 0.3 is 0 Å². The summed E-state index contributed by atoms with van der Waals surface area (Å²) in [6.45, 7) is 11.1. The number of nitrogens with zero attached hydrogens (tertiary/aromatic N) is 3. The molecule has 1 saturated carbocycles. The minimum absolute atomic E-state index is 0. The molecule has 3 fully saturated rings. The molecule has 1 atom stereocenters. The van der Waals surface area contributed by atoms with Gasteiger partial charge in [-0.2, -0.15) is 0 Å². The first kappa shape index (κ1) is 24.6. The predicted molar refractivity (Wildman–Crippen MR) is 125 cm³/mol. The highest BCUT2D eigenvalue weighted by molar-refractivity contribution is 14.0. The molecule has 3 aliphatic rings. The molecule has 0 aromatic carbocycles. The maximum Gasteiger partial charge on any atom is 0.234 e. The van der Waals surface area contributed by atoms with E-state index in [-0.39, 0.29) is 29.9 Å². The van der Waals surface area contributed by atoms with Crippen LogP contribution < -0.4 is 10.6 Å². The molecule has 9 heteroatoms. The Morgan fingerprint density at radius 3 is 2.66 bits per heavy atom. The first-order chi connectivity index (χ1) is 13.7. The fraction of sp³-hybridized carbons (Fsp3) is 0.900. The third kappa shape index (κ3) is 9.35. The molecule has 0 aromatic rings. The summed E-state index contributed by atoms with van der Waals surface area (Å²) in [5.74, 6) is 1.72. The molecule has 0 aromatic heterocycles. The monoisotopic (exact) mass is 523 g/mol. The van der Waals surface area contributed by atoms with Gasteiger partial charge in [-0.1, -0.05) is 0 Å². The van der Waals surface area contributed by atoms with Crippen molar-refractivity contribution in [2.75, 3.05) is 72.2 Å². The van der Waals surface area contributed by atoms with Crippen LogP contribution in [0.25, 0.3) is 0 Å². The molecular formula is C20H38IN5O3. The van der Waals surface area contributed by atoms with Crippen molar-refractivity contribution in [3.05, 3.63) is 0 Å². The number of carbonyl (C=O) groups excluding carboxylic acids is 1. The molecule has 0 spiro atoms. The van der Waals surface area contributed by atoms with Gasteiger partial charge in [0.25, 0.3) is 0 Å². The number of halogens is 1. The lowest BCUT2D eigenvalue weighted by Gasteiger charge is -2.36. The van der Waals surface area contributed by atoms with E-state index in [1.165, 1.54) is 0 Å². The van der Waals surface area contributed by atoms with E-state index in [2.05, 4.69) is 27.4 Å². The van der Waals surface area contributed by atoms with Crippen LogP contribution in [0.3, 0.4) is 0 Å². The molecule has 0 radical (unpaired) electrons. The number of ether oxygens (including phenoxy) is 2. The first-order valence-corrected chi connectivity index (χ1v) is 10.9. The zero-order chi connectivity index (χ0) is 19.6. The topological polar surface area (TPSA) is 78.4 Å². The van der Waals surface area contributed by atoms with Gasteiger partial charge in [0.05, 0.1) is 19.8 Å². The van der Waals surface area contributed by atoms with Crippen LogP contribution in [0.1, 0.15) is 32.6 Å². The van der Waals surface area contributed by atoms with Crippen molar-refractivity contribution in [2.45, 2.75) is 38.6 Å². The second-order valence-corrected chi connectivity index (χ2v) is 8.00. The largest absolute Gasteiger partial charge is 0.381 e. The lowest BCUT2D eigenvalue weighted by molar-refractivity contribution is -0.122. The zero-order valence-corrected chi connectivity index (χ0v) is 20.1. The molecule has 1 unspecified atom stereocenters. The molecular weight excluding hydrogens is 485 g/mol. The van der Waals surface area contributed by atoms with Gasteiger partial charge < -0.3 is 25.0 Å². The fourth-order valence-corrected chi connectivity index (χ4v) is 3.56. The molecule has 2 aliphatic heterocycles. The van der Waals surface area contributed by atoms with Crippen molar-refractivity contribution in [3.8, 4) is 0 Å². The van der Waals surface area contributed by atoms with Crippen LogP contribution in [0.15, 0.2) is 4.99 Å². The van der Waals surface area contributed by atoms with Gasteiger partial charge in [-0.05, 0) is 32.6 Å². The summed E-state index contributed by atoms with van der Waals surface area (Å²) in [6, 6.07) is 0.441. The minimum Gasteiger partial charge on any atom is -0.381 e. The molecule has 29 heavy (non-hydrogen) atoms. The van der Waals surface area contributed by atoms with E-state index in [4.69, 9.17) is 14.5 Å². The molecule has 1 aliphatic carbocycles. The minimum atomic E-state index is 0. The van der Waals surface area contributed by atoms with Gasteiger partial charge in [0.1, 0.15) is 0 Å². The number of carbonyl (C=O) groups is 1. The number of aliphatic imine (C=N–C) groups is 1. The maximum atomic E-state index is 12.0. The highest BCUT2D eigenvalue weighted by Crippen LogP contribution is 2.18. The average Bonchev–Trinajstić information content (AvgIpc) is 3.35. The summed E-state index contributed by atoms with van der Waals surface area (Å²) >= 11 is 0. The van der Waals surface area contributed by atoms with Gasteiger partial charge in [-0.25, -0.2) is 0 Å². The van der Waals surface area contributed by atoms with Gasteiger partial charge in [-0.3, -0.25) is 14.7 Å². The van der Waals surface area contributed by atoms with Crippen LogP contribution in [0, 0.1) is 5.92 Å². The Bertz CT molecular complexity index is 504. The summed E-state index contributed by atoms with van der Waals surface area (Å²) in [6.07, 6.45) is 4.34. The van der Waals surface area contributed by atoms with E-state index >= 15 is 0 Å². The molecule has 2 N–H and O–H groups in total. The molecule has 8 nitrogen and oxygen atoms in total. The third-order valence-corrected chi connectivity index (χ3v) is 5.40. The summed E-state index contributed by atoms with van der Waals surface area (Å²) < 4.78 is 11.1. The van der Waals surface area contributed by atoms with E-state index in [0.29, 0.717) is 18.5 Å². The molecule has 2 heterocycles. The van der Waals surface area contributed by atoms with Crippen LogP contribution >= 0.6 is 24.0 Å². The van der Waals surface area contributed by atoms with Gasteiger partial charge in [0.15, 0.2) is 5.96 Å². The van der Waals surface area contributed by atoms with Crippen molar-refractivity contribution in [3.63, 3.8) is 0 Å². The first-order valence-electron chi connectivity index (χ1n) is 10.9. The summed E-state index contributed by atoms with van der Waals surface area (Å²) in [4.78, 5) is 21.3. The van der Waals surface area contributed by atoms with Crippen LogP contribution in [-0.2, 0) is 14.3 Å². The standard InChI is InChI=1S/C20H37N5O3.HI/c1-2-21-20(22-7-3-12-27-15-17-6-13-28-16-17)25-10-8-24(9-11-25)14-19(26)23-18-4-5-18;/h17-18H,2-16H2,1H3,(H,21,22)(H,23,26);1H. The molecule has 1 amide bonds. The van der Waals surface area contributed by atoms with E-state index in [1.807, 2.05) is 0 Å². The van der Waals surface area contributed by atoms with Crippen molar-refractivity contribution in [1.29, 1.82) is 0 Å². The lowest BCUT2D eigenvalue weighted by atomic mass is 10.1. The third-order valence-electron chi connectivity index (χ3n) is 5.40. The molecule has 168 valence electrons. The van der Waals surface area contributed by atoms with Crippen LogP contribution in [0.5, 0.6) is 0 Å². The SMILES string of the molecule is CCNC(=NCCCOCC1CCOC1)N1CCN(CC(=O)NC2CC2)CC1.I. The lowest BCUT2D eigenvalue weighted by Crippen LogP contribution is -2.54. The molecule has 2 saturated heterocycles. The average molecular weight is 523 g/mol. The van der Waals surface area contributed by atoms with Gasteiger partial charge in [0, 0.05) is 64.4 Å². The Kier molecular flexibility index (Phi) is 11.6. The Labute approximate surface area is 192 Å². The normalized spacial score (nSPS) is 23.0. The van der Waals surface area contributed by atoms with Gasteiger partial charge in [0.2, 0.25) is 5.91 Å². The number of hydrogen-bond donors (Lipinski definition) is 2. The van der Waals surface area contributed by atoms with E-state index < -0.39 is 0 Å². The number of guanidine groups is 1. The van der Waals surface area contributed by atoms with Crippen molar-refractivity contribution in [1.82, 2.24) is 20.4 Å². The van der Waals surface area contributed by atoms with Crippen molar-refractivity contribution < 1.29 is 14.3 Å². The summed E-state index contributed by atoms with van der Waals surface area (Å²) in [7, 11) is 0. The quantitative estimate of drug-likeness (QED) is 0.192. The number of hydrogen-bond acceptors (Lipinski definition) is 5. The second-order valence-electron chi connectivity index (χ2n) is 8.00. The Hall–Kier alpha value is -0.650. The number of piperazine rings is 1. The Morgan fingerprint density at radius 1 is 1.21 bits per heavy atom. The molecule has 3 rings (SSSR count). The molecule has 0 bridgehead atoms. The Balaban J connectivity index is 0.00000300. The van der Waals surface area contributed by atoms with Crippen molar-refractivity contribution >= 4 is 35.8 Å². The summed E-state index contributed by atoms with van der Waals surface area (Å²) in [5, 5.41) is 6.47. The van der Waals surface area contributed by atoms with E-state index in [9.17, 15) is 4.79 Å². The fourth-order valence-electron chi connectivity index (χ4n) is 3.56. The number of rotatable bonds is 10. The highest BCUT2D eigenvalue weighted by Gasteiger charge is 2.25. The van der Waals surface area contributed by atoms with Crippen LogP contribution in [-0.4, -0.2) is 99.9 Å². The number of amides is 1. The van der Waals surface area contributed by atoms with Crippen LogP contribution in [0.4, 0.5) is 0 Å². The summed E-state index contributed by atoms with van der Waals surface area (Å²) in [5.41, 5.74) is 0. The second kappa shape index (κ2) is 13.6. The Morgan fingerprint density at radius 2 is 2.00 bits per heavy atom. The number of nitrogens with one attached hydrogen (secondary N) is 2. The predicted octanol–water partition coefficient (Wildman–Crippen LogP) is 0.909. The smallest absolute Gasteiger partial charge is 0.234 e. The van der Waals surface area contributed by atoms with E-state index in [0.717, 1.165) is 97.3 Å². The van der Waals surface area contributed by atoms with Crippen LogP contribution in [0.2, 0.25) is 0 Å².